The third kappa shape index (κ3) is 2.28. The van der Waals surface area contributed by atoms with E-state index in [0.717, 1.165) is 5.56 Å². The predicted octanol–water partition coefficient (Wildman–Crippen LogP) is 1.76. The highest BCUT2D eigenvalue weighted by atomic mass is 16.5. The Labute approximate surface area is 111 Å². The van der Waals surface area contributed by atoms with Gasteiger partial charge in [-0.2, -0.15) is 0 Å². The van der Waals surface area contributed by atoms with Gasteiger partial charge in [-0.25, -0.2) is 4.79 Å². The highest BCUT2D eigenvalue weighted by Crippen LogP contribution is 2.29. The topological polar surface area (TPSA) is 66.8 Å². The quantitative estimate of drug-likeness (QED) is 0.898. The van der Waals surface area contributed by atoms with Gasteiger partial charge in [0.05, 0.1) is 7.11 Å². The number of benzene rings is 1. The predicted molar refractivity (Wildman–Crippen MR) is 69.1 cm³/mol. The van der Waals surface area contributed by atoms with E-state index in [-0.39, 0.29) is 11.8 Å². The van der Waals surface area contributed by atoms with E-state index in [1.165, 1.54) is 12.0 Å². The molecule has 2 rings (SSSR count). The molecular weight excluding hydrogens is 246 g/mol. The van der Waals surface area contributed by atoms with Gasteiger partial charge in [0.15, 0.2) is 0 Å². The van der Waals surface area contributed by atoms with Crippen LogP contribution in [0.2, 0.25) is 0 Å². The van der Waals surface area contributed by atoms with Crippen molar-refractivity contribution < 1.29 is 19.4 Å². The van der Waals surface area contributed by atoms with Crippen LogP contribution in [0.4, 0.5) is 0 Å². The van der Waals surface area contributed by atoms with E-state index in [2.05, 4.69) is 0 Å². The summed E-state index contributed by atoms with van der Waals surface area (Å²) in [7, 11) is 1.53. The molecule has 0 spiro atoms. The molecule has 1 aliphatic heterocycles. The van der Waals surface area contributed by atoms with Gasteiger partial charge in [-0.3, -0.25) is 4.79 Å². The van der Waals surface area contributed by atoms with Gasteiger partial charge in [0.2, 0.25) is 0 Å². The Bertz CT molecular complexity index is 524. The number of carbonyl (C=O) groups is 2. The van der Waals surface area contributed by atoms with Crippen molar-refractivity contribution in [2.24, 2.45) is 5.92 Å². The number of carboxylic acid groups (broad SMARTS) is 1. The number of carboxylic acids is 1. The molecule has 0 unspecified atom stereocenters. The van der Waals surface area contributed by atoms with Crippen LogP contribution in [0.5, 0.6) is 5.75 Å². The minimum absolute atomic E-state index is 0.141. The average molecular weight is 263 g/mol. The second-order valence-corrected chi connectivity index (χ2v) is 4.98. The highest BCUT2D eigenvalue weighted by Gasteiger charge is 2.38. The second kappa shape index (κ2) is 4.91. The van der Waals surface area contributed by atoms with Gasteiger partial charge in [-0.15, -0.1) is 0 Å². The fourth-order valence-corrected chi connectivity index (χ4v) is 2.43. The van der Waals surface area contributed by atoms with Crippen molar-refractivity contribution in [3.05, 3.63) is 29.3 Å². The van der Waals surface area contributed by atoms with Gasteiger partial charge in [-0.05, 0) is 23.6 Å². The molecule has 1 atom stereocenters. The molecule has 1 N–H and O–H groups in total. The van der Waals surface area contributed by atoms with Gasteiger partial charge < -0.3 is 14.7 Å². The molecule has 5 heteroatoms. The van der Waals surface area contributed by atoms with E-state index in [1.807, 2.05) is 6.07 Å². The van der Waals surface area contributed by atoms with E-state index in [4.69, 9.17) is 4.74 Å². The summed E-state index contributed by atoms with van der Waals surface area (Å²) in [4.78, 5) is 25.1. The maximum atomic E-state index is 12.3. The fraction of sp³-hybridized carbons (Fsp3) is 0.429. The lowest BCUT2D eigenvalue weighted by molar-refractivity contribution is -0.144. The van der Waals surface area contributed by atoms with Crippen LogP contribution in [-0.4, -0.2) is 35.0 Å². The SMILES string of the molecule is COc1ccc2c(c1)C(=O)N([C@H](C(=O)O)C(C)C)C2. The van der Waals surface area contributed by atoms with Crippen LogP contribution in [0.1, 0.15) is 29.8 Å². The van der Waals surface area contributed by atoms with Crippen LogP contribution in [0.15, 0.2) is 18.2 Å². The third-order valence-electron chi connectivity index (χ3n) is 3.37. The lowest BCUT2D eigenvalue weighted by Gasteiger charge is -2.27. The number of carbonyl (C=O) groups excluding carboxylic acids is 1. The van der Waals surface area contributed by atoms with Crippen molar-refractivity contribution in [2.45, 2.75) is 26.4 Å². The molecule has 0 saturated carbocycles. The van der Waals surface area contributed by atoms with Crippen molar-refractivity contribution in [1.82, 2.24) is 4.90 Å². The number of rotatable bonds is 4. The first-order chi connectivity index (χ1) is 8.95. The molecule has 19 heavy (non-hydrogen) atoms. The molecule has 0 saturated heterocycles. The average Bonchev–Trinajstić information content (AvgIpc) is 2.66. The standard InChI is InChI=1S/C14H17NO4/c1-8(2)12(14(17)18)15-7-9-4-5-10(19-3)6-11(9)13(15)16/h4-6,8,12H,7H2,1-3H3,(H,17,18)/t12-/m0/s1. The molecule has 1 aromatic carbocycles. The van der Waals surface area contributed by atoms with Crippen LogP contribution in [0.3, 0.4) is 0 Å². The van der Waals surface area contributed by atoms with Crippen LogP contribution in [0.25, 0.3) is 0 Å². The molecule has 5 nitrogen and oxygen atoms in total. The van der Waals surface area contributed by atoms with Crippen LogP contribution in [-0.2, 0) is 11.3 Å². The molecule has 0 bridgehead atoms. The summed E-state index contributed by atoms with van der Waals surface area (Å²) in [6.07, 6.45) is 0. The number of methoxy groups -OCH3 is 1. The van der Waals surface area contributed by atoms with Crippen LogP contribution >= 0.6 is 0 Å². The van der Waals surface area contributed by atoms with Crippen LogP contribution < -0.4 is 4.74 Å². The molecular formula is C14H17NO4. The summed E-state index contributed by atoms with van der Waals surface area (Å²) in [6, 6.07) is 4.45. The first-order valence-electron chi connectivity index (χ1n) is 6.16. The summed E-state index contributed by atoms with van der Waals surface area (Å²) in [6.45, 7) is 3.94. The lowest BCUT2D eigenvalue weighted by Crippen LogP contribution is -2.44. The zero-order valence-electron chi connectivity index (χ0n) is 11.2. The lowest BCUT2D eigenvalue weighted by atomic mass is 10.0. The van der Waals surface area contributed by atoms with Crippen molar-refractivity contribution in [3.8, 4) is 5.75 Å². The molecule has 0 fully saturated rings. The Morgan fingerprint density at radius 2 is 2.11 bits per heavy atom. The van der Waals surface area contributed by atoms with Crippen LogP contribution in [0, 0.1) is 5.92 Å². The molecule has 0 radical (unpaired) electrons. The Balaban J connectivity index is 2.35. The van der Waals surface area contributed by atoms with E-state index in [1.54, 1.807) is 26.0 Å². The number of aliphatic carboxylic acids is 1. The zero-order valence-corrected chi connectivity index (χ0v) is 11.2. The normalized spacial score (nSPS) is 15.6. The number of nitrogens with zero attached hydrogens (tertiary/aromatic N) is 1. The summed E-state index contributed by atoms with van der Waals surface area (Å²) in [5.74, 6) is -0.749. The Morgan fingerprint density at radius 3 is 2.63 bits per heavy atom. The Hall–Kier alpha value is -2.04. The van der Waals surface area contributed by atoms with Gasteiger partial charge >= 0.3 is 5.97 Å². The molecule has 1 amide bonds. The van der Waals surface area contributed by atoms with Gasteiger partial charge in [-0.1, -0.05) is 19.9 Å². The Morgan fingerprint density at radius 1 is 1.42 bits per heavy atom. The Kier molecular flexibility index (Phi) is 3.46. The highest BCUT2D eigenvalue weighted by molar-refractivity contribution is 6.00. The van der Waals surface area contributed by atoms with Gasteiger partial charge in [0.25, 0.3) is 5.91 Å². The number of ether oxygens (including phenoxy) is 1. The number of amides is 1. The summed E-state index contributed by atoms with van der Waals surface area (Å²) in [5, 5.41) is 9.28. The largest absolute Gasteiger partial charge is 0.497 e. The van der Waals surface area contributed by atoms with E-state index in [9.17, 15) is 14.7 Å². The maximum Gasteiger partial charge on any atom is 0.326 e. The maximum absolute atomic E-state index is 12.3. The van der Waals surface area contributed by atoms with Crippen molar-refractivity contribution in [3.63, 3.8) is 0 Å². The first-order valence-corrected chi connectivity index (χ1v) is 6.16. The summed E-state index contributed by atoms with van der Waals surface area (Å²) < 4.78 is 5.09. The van der Waals surface area contributed by atoms with E-state index in [0.29, 0.717) is 17.9 Å². The van der Waals surface area contributed by atoms with Crippen molar-refractivity contribution >= 4 is 11.9 Å². The van der Waals surface area contributed by atoms with E-state index >= 15 is 0 Å². The minimum atomic E-state index is -0.969. The monoisotopic (exact) mass is 263 g/mol. The van der Waals surface area contributed by atoms with Gasteiger partial charge in [0.1, 0.15) is 11.8 Å². The van der Waals surface area contributed by atoms with Crippen molar-refractivity contribution in [2.75, 3.05) is 7.11 Å². The third-order valence-corrected chi connectivity index (χ3v) is 3.37. The zero-order chi connectivity index (χ0) is 14.2. The van der Waals surface area contributed by atoms with Crippen molar-refractivity contribution in [1.29, 1.82) is 0 Å². The molecule has 0 aromatic heterocycles. The second-order valence-electron chi connectivity index (χ2n) is 4.98. The van der Waals surface area contributed by atoms with E-state index < -0.39 is 12.0 Å². The smallest absolute Gasteiger partial charge is 0.326 e. The number of fused-ring (bicyclic) bond motifs is 1. The molecule has 1 aromatic rings. The first kappa shape index (κ1) is 13.4. The molecule has 0 aliphatic carbocycles. The number of hydrogen-bond donors (Lipinski definition) is 1. The fourth-order valence-electron chi connectivity index (χ4n) is 2.43. The number of hydrogen-bond acceptors (Lipinski definition) is 3. The van der Waals surface area contributed by atoms with Gasteiger partial charge in [0, 0.05) is 12.1 Å². The molecule has 1 heterocycles. The molecule has 102 valence electrons. The summed E-state index contributed by atoms with van der Waals surface area (Å²) in [5.41, 5.74) is 1.38. The minimum Gasteiger partial charge on any atom is -0.497 e. The molecule has 1 aliphatic rings. The summed E-state index contributed by atoms with van der Waals surface area (Å²) >= 11 is 0.